The van der Waals surface area contributed by atoms with E-state index in [0.717, 1.165) is 35.2 Å². The van der Waals surface area contributed by atoms with Crippen LogP contribution in [0.5, 0.6) is 11.5 Å². The lowest BCUT2D eigenvalue weighted by atomic mass is 10.00. The van der Waals surface area contributed by atoms with Gasteiger partial charge in [0.05, 0.1) is 7.11 Å². The Bertz CT molecular complexity index is 1140. The summed E-state index contributed by atoms with van der Waals surface area (Å²) in [7, 11) is 5.60. The molecule has 1 heterocycles. The zero-order chi connectivity index (χ0) is 23.3. The highest BCUT2D eigenvalue weighted by Crippen LogP contribution is 2.34. The summed E-state index contributed by atoms with van der Waals surface area (Å²) >= 11 is 0. The standard InChI is InChI=1S/C25H30N2O5/c1-16-22(31-17(2)25(29)26-13-6-14-27(3)4)12-11-20-21(15-23(28)32-24(16)20)18-7-9-19(30-5)10-8-18/h7-12,15,17H,6,13-14H2,1-5H3,(H,26,29)/t17-/m0/s1. The van der Waals surface area contributed by atoms with E-state index in [0.29, 0.717) is 23.4 Å². The number of hydrogen-bond acceptors (Lipinski definition) is 6. The Morgan fingerprint density at radius 3 is 2.53 bits per heavy atom. The lowest BCUT2D eigenvalue weighted by Crippen LogP contribution is -2.37. The number of nitrogens with one attached hydrogen (secondary N) is 1. The van der Waals surface area contributed by atoms with Crippen LogP contribution in [0.1, 0.15) is 18.9 Å². The van der Waals surface area contributed by atoms with Crippen molar-refractivity contribution in [2.75, 3.05) is 34.3 Å². The molecule has 0 aliphatic rings. The van der Waals surface area contributed by atoms with Crippen molar-refractivity contribution < 1.29 is 18.7 Å². The van der Waals surface area contributed by atoms with Crippen LogP contribution < -0.4 is 20.4 Å². The fourth-order valence-electron chi connectivity index (χ4n) is 3.47. The van der Waals surface area contributed by atoms with E-state index in [1.54, 1.807) is 20.1 Å². The Morgan fingerprint density at radius 1 is 1.16 bits per heavy atom. The van der Waals surface area contributed by atoms with Gasteiger partial charge in [-0.05, 0) is 76.3 Å². The minimum Gasteiger partial charge on any atom is -0.497 e. The SMILES string of the molecule is COc1ccc(-c2cc(=O)oc3c(C)c(O[C@@H](C)C(=O)NCCCN(C)C)ccc23)cc1. The minimum atomic E-state index is -0.679. The molecule has 1 aromatic heterocycles. The van der Waals surface area contributed by atoms with Gasteiger partial charge in [-0.3, -0.25) is 4.79 Å². The van der Waals surface area contributed by atoms with Crippen molar-refractivity contribution in [3.8, 4) is 22.6 Å². The van der Waals surface area contributed by atoms with Crippen LogP contribution in [-0.2, 0) is 4.79 Å². The van der Waals surface area contributed by atoms with Crippen molar-refractivity contribution in [3.05, 3.63) is 58.4 Å². The van der Waals surface area contributed by atoms with Crippen molar-refractivity contribution in [1.82, 2.24) is 10.2 Å². The van der Waals surface area contributed by atoms with E-state index in [9.17, 15) is 9.59 Å². The molecule has 7 heteroatoms. The maximum Gasteiger partial charge on any atom is 0.336 e. The lowest BCUT2D eigenvalue weighted by Gasteiger charge is -2.18. The van der Waals surface area contributed by atoms with Gasteiger partial charge in [0.25, 0.3) is 5.91 Å². The normalized spacial score (nSPS) is 12.1. The van der Waals surface area contributed by atoms with Crippen molar-refractivity contribution in [2.24, 2.45) is 0 Å². The number of fused-ring (bicyclic) bond motifs is 1. The van der Waals surface area contributed by atoms with Crippen molar-refractivity contribution in [2.45, 2.75) is 26.4 Å². The molecule has 1 atom stereocenters. The maximum atomic E-state index is 12.4. The van der Waals surface area contributed by atoms with Gasteiger partial charge in [0.1, 0.15) is 17.1 Å². The van der Waals surface area contributed by atoms with Crippen molar-refractivity contribution in [1.29, 1.82) is 0 Å². The number of nitrogens with zero attached hydrogens (tertiary/aromatic N) is 1. The summed E-state index contributed by atoms with van der Waals surface area (Å²) in [5, 5.41) is 3.68. The average molecular weight is 439 g/mol. The molecular weight excluding hydrogens is 408 g/mol. The topological polar surface area (TPSA) is 81.0 Å². The van der Waals surface area contributed by atoms with E-state index in [2.05, 4.69) is 10.2 Å². The van der Waals surface area contributed by atoms with Crippen LogP contribution in [-0.4, -0.2) is 51.2 Å². The number of hydrogen-bond donors (Lipinski definition) is 1. The third kappa shape index (κ3) is 5.48. The molecular formula is C25H30N2O5. The number of aryl methyl sites for hydroxylation is 1. The maximum absolute atomic E-state index is 12.4. The second-order valence-electron chi connectivity index (χ2n) is 7.98. The van der Waals surface area contributed by atoms with Crippen molar-refractivity contribution in [3.63, 3.8) is 0 Å². The number of amides is 1. The third-order valence-electron chi connectivity index (χ3n) is 5.27. The Balaban J connectivity index is 1.83. The summed E-state index contributed by atoms with van der Waals surface area (Å²) in [6.45, 7) is 5.01. The first kappa shape index (κ1) is 23.3. The molecule has 1 N–H and O–H groups in total. The van der Waals surface area contributed by atoms with Crippen molar-refractivity contribution >= 4 is 16.9 Å². The monoisotopic (exact) mass is 438 g/mol. The molecule has 0 saturated heterocycles. The molecule has 1 amide bonds. The number of carbonyl (C=O) groups excluding carboxylic acids is 1. The molecule has 0 aliphatic heterocycles. The van der Waals surface area contributed by atoms with Gasteiger partial charge in [0, 0.05) is 23.6 Å². The second-order valence-corrected chi connectivity index (χ2v) is 7.98. The predicted molar refractivity (Wildman–Crippen MR) is 125 cm³/mol. The number of benzene rings is 2. The first-order chi connectivity index (χ1) is 15.3. The van der Waals surface area contributed by atoms with E-state index < -0.39 is 11.7 Å². The number of methoxy groups -OCH3 is 1. The summed E-state index contributed by atoms with van der Waals surface area (Å²) in [6, 6.07) is 12.6. The van der Waals surface area contributed by atoms with Crippen LogP contribution in [0.3, 0.4) is 0 Å². The highest BCUT2D eigenvalue weighted by atomic mass is 16.5. The summed E-state index contributed by atoms with van der Waals surface area (Å²) in [6.07, 6.45) is 0.182. The van der Waals surface area contributed by atoms with Gasteiger partial charge < -0.3 is 24.1 Å². The van der Waals surface area contributed by atoms with E-state index in [1.165, 1.54) is 6.07 Å². The number of carbonyl (C=O) groups is 1. The average Bonchev–Trinajstić information content (AvgIpc) is 2.78. The van der Waals surface area contributed by atoms with E-state index in [4.69, 9.17) is 13.9 Å². The molecule has 170 valence electrons. The molecule has 2 aromatic carbocycles. The van der Waals surface area contributed by atoms with Crippen LogP contribution >= 0.6 is 0 Å². The molecule has 3 aromatic rings. The molecule has 3 rings (SSSR count). The molecule has 0 aliphatic carbocycles. The van der Waals surface area contributed by atoms with Crippen LogP contribution in [0, 0.1) is 6.92 Å². The summed E-state index contributed by atoms with van der Waals surface area (Å²) in [4.78, 5) is 26.7. The molecule has 0 unspecified atom stereocenters. The van der Waals surface area contributed by atoms with Crippen LogP contribution in [0.2, 0.25) is 0 Å². The molecule has 0 saturated carbocycles. The van der Waals surface area contributed by atoms with Gasteiger partial charge in [-0.2, -0.15) is 0 Å². The molecule has 32 heavy (non-hydrogen) atoms. The highest BCUT2D eigenvalue weighted by molar-refractivity contribution is 5.95. The van der Waals surface area contributed by atoms with Crippen LogP contribution in [0.4, 0.5) is 0 Å². The largest absolute Gasteiger partial charge is 0.497 e. The Kier molecular flexibility index (Phi) is 7.53. The smallest absolute Gasteiger partial charge is 0.336 e. The van der Waals surface area contributed by atoms with Gasteiger partial charge >= 0.3 is 5.63 Å². The van der Waals surface area contributed by atoms with E-state index in [1.807, 2.05) is 51.4 Å². The molecule has 0 spiro atoms. The van der Waals surface area contributed by atoms with Gasteiger partial charge in [0.2, 0.25) is 0 Å². The quantitative estimate of drug-likeness (QED) is 0.406. The van der Waals surface area contributed by atoms with Gasteiger partial charge in [-0.1, -0.05) is 12.1 Å². The zero-order valence-corrected chi connectivity index (χ0v) is 19.2. The Morgan fingerprint density at radius 2 is 1.88 bits per heavy atom. The summed E-state index contributed by atoms with van der Waals surface area (Å²) in [5.41, 5.74) is 2.30. The molecule has 0 radical (unpaired) electrons. The Hall–Kier alpha value is -3.32. The fraction of sp³-hybridized carbons (Fsp3) is 0.360. The highest BCUT2D eigenvalue weighted by Gasteiger charge is 2.18. The lowest BCUT2D eigenvalue weighted by molar-refractivity contribution is -0.127. The fourth-order valence-corrected chi connectivity index (χ4v) is 3.47. The van der Waals surface area contributed by atoms with Gasteiger partial charge in [-0.15, -0.1) is 0 Å². The minimum absolute atomic E-state index is 0.184. The zero-order valence-electron chi connectivity index (χ0n) is 19.2. The summed E-state index contributed by atoms with van der Waals surface area (Å²) < 4.78 is 16.6. The second kappa shape index (κ2) is 10.3. The van der Waals surface area contributed by atoms with Crippen LogP contribution in [0.15, 0.2) is 51.7 Å². The van der Waals surface area contributed by atoms with Gasteiger partial charge in [0.15, 0.2) is 6.10 Å². The first-order valence-corrected chi connectivity index (χ1v) is 10.6. The third-order valence-corrected chi connectivity index (χ3v) is 5.27. The molecule has 7 nitrogen and oxygen atoms in total. The molecule has 0 fully saturated rings. The van der Waals surface area contributed by atoms with Crippen LogP contribution in [0.25, 0.3) is 22.1 Å². The number of ether oxygens (including phenoxy) is 2. The van der Waals surface area contributed by atoms with E-state index in [-0.39, 0.29) is 5.91 Å². The number of rotatable bonds is 9. The molecule has 0 bridgehead atoms. The Labute approximate surface area is 187 Å². The van der Waals surface area contributed by atoms with E-state index >= 15 is 0 Å². The first-order valence-electron chi connectivity index (χ1n) is 10.6. The predicted octanol–water partition coefficient (Wildman–Crippen LogP) is 3.61. The summed E-state index contributed by atoms with van der Waals surface area (Å²) in [5.74, 6) is 1.06. The van der Waals surface area contributed by atoms with Gasteiger partial charge in [-0.25, -0.2) is 4.79 Å².